The lowest BCUT2D eigenvalue weighted by molar-refractivity contribution is 0.0918. The maximum Gasteiger partial charge on any atom is 0.439 e. The molecular formula is C58H42F2N20O14. The molecule has 2 aliphatic carbocycles. The van der Waals surface area contributed by atoms with Crippen molar-refractivity contribution >= 4 is 69.3 Å². The maximum atomic E-state index is 14.4. The van der Waals surface area contributed by atoms with Crippen LogP contribution in [0.4, 0.5) is 42.9 Å². The molecule has 0 saturated carbocycles. The number of halogens is 2. The van der Waals surface area contributed by atoms with Crippen LogP contribution in [0.1, 0.15) is 100 Å². The van der Waals surface area contributed by atoms with Gasteiger partial charge in [0.2, 0.25) is 0 Å². The van der Waals surface area contributed by atoms with Crippen molar-refractivity contribution in [2.75, 3.05) is 22.1 Å². The van der Waals surface area contributed by atoms with E-state index in [-0.39, 0.29) is 99.2 Å². The lowest BCUT2D eigenvalue weighted by Crippen LogP contribution is -2.36. The summed E-state index contributed by atoms with van der Waals surface area (Å²) in [5, 5.41) is 35.5. The van der Waals surface area contributed by atoms with Crippen LogP contribution in [-0.2, 0) is 25.9 Å². The molecule has 0 unspecified atom stereocenters. The molecule has 94 heavy (non-hydrogen) atoms. The van der Waals surface area contributed by atoms with Crippen LogP contribution in [0, 0.1) is 11.6 Å². The number of nitrogens with two attached hydrogens (primary N) is 2. The minimum atomic E-state index is -0.874. The van der Waals surface area contributed by atoms with Gasteiger partial charge in [-0.3, -0.25) is 57.4 Å². The monoisotopic (exact) mass is 1280 g/mol. The zero-order chi connectivity index (χ0) is 66.0. The van der Waals surface area contributed by atoms with Crippen molar-refractivity contribution in [1.29, 1.82) is 0 Å². The number of hydrogen-bond acceptors (Lipinski definition) is 24. The Morgan fingerprint density at radius 3 is 1.41 bits per heavy atom. The number of nitrogens with zero attached hydrogens (tertiary/aromatic N) is 8. The SMILES string of the molecule is Nc1c(Nc2cc(CNC(=O)c3cc(C(=O)N[C@H]4CCc5cc(-c6noc(=O)[nH]6)ccc54)n4c(=O)[nH]nc4n3)ccc2F)c(=O)c1=O.Nc1c(Nc2cc(CNC(=O)c3cc(C(=O)N[C@H]4CCc5cc(-c6noc(=O)[nH]6)ccc54)nc4n[nH]c(=O)n34)ccc2F)c(=O)c1=O. The van der Waals surface area contributed by atoms with E-state index >= 15 is 0 Å². The molecule has 12 aromatic rings. The van der Waals surface area contributed by atoms with Gasteiger partial charge in [-0.25, -0.2) is 56.9 Å². The second kappa shape index (κ2) is 23.5. The number of H-pyrrole nitrogens is 4. The van der Waals surface area contributed by atoms with Crippen LogP contribution >= 0.6 is 0 Å². The van der Waals surface area contributed by atoms with E-state index < -0.39 is 85.9 Å². The summed E-state index contributed by atoms with van der Waals surface area (Å²) in [5.74, 6) is -5.48. The highest BCUT2D eigenvalue weighted by Gasteiger charge is 2.30. The average molecular weight is 1280 g/mol. The Kier molecular flexibility index (Phi) is 14.9. The molecule has 14 rings (SSSR count). The van der Waals surface area contributed by atoms with Gasteiger partial charge >= 0.3 is 22.9 Å². The van der Waals surface area contributed by atoms with Crippen LogP contribution < -0.4 is 88.0 Å². The number of anilines is 6. The molecule has 0 saturated heterocycles. The molecular weight excluding hydrogens is 1240 g/mol. The highest BCUT2D eigenvalue weighted by atomic mass is 19.1. The molecule has 0 radical (unpaired) electrons. The molecule has 34 nitrogen and oxygen atoms in total. The smallest absolute Gasteiger partial charge is 0.394 e. The Morgan fingerprint density at radius 1 is 0.532 bits per heavy atom. The quantitative estimate of drug-likeness (QED) is 0.0580. The Balaban J connectivity index is 0.000000171. The van der Waals surface area contributed by atoms with Gasteiger partial charge in [-0.05, 0) is 108 Å². The van der Waals surface area contributed by atoms with E-state index in [9.17, 15) is 66.3 Å². The van der Waals surface area contributed by atoms with Crippen LogP contribution in [-0.4, -0.2) is 83.1 Å². The summed E-state index contributed by atoms with van der Waals surface area (Å²) in [4.78, 5) is 161. The Bertz CT molecular complexity index is 5580. The summed E-state index contributed by atoms with van der Waals surface area (Å²) in [6.45, 7) is -0.281. The molecule has 36 heteroatoms. The molecule has 6 aromatic heterocycles. The van der Waals surface area contributed by atoms with Crippen molar-refractivity contribution in [1.82, 2.24) is 80.7 Å². The number of carbonyl (C=O) groups is 4. The third kappa shape index (κ3) is 11.1. The molecule has 0 aliphatic heterocycles. The van der Waals surface area contributed by atoms with E-state index in [1.165, 1.54) is 24.3 Å². The van der Waals surface area contributed by atoms with Crippen LogP contribution in [0.15, 0.2) is 132 Å². The number of aromatic nitrogens is 12. The third-order valence-electron chi connectivity index (χ3n) is 15.6. The summed E-state index contributed by atoms with van der Waals surface area (Å²) in [7, 11) is 0. The normalized spacial score (nSPS) is 13.9. The summed E-state index contributed by atoms with van der Waals surface area (Å²) in [5.41, 5.74) is 9.48. The Labute approximate surface area is 516 Å². The topological polar surface area (TPSA) is 505 Å². The molecule has 4 amide bonds. The van der Waals surface area contributed by atoms with Crippen LogP contribution in [0.3, 0.4) is 0 Å². The van der Waals surface area contributed by atoms with E-state index in [1.807, 2.05) is 18.2 Å². The lowest BCUT2D eigenvalue weighted by Gasteiger charge is -2.15. The molecule has 6 heterocycles. The highest BCUT2D eigenvalue weighted by molar-refractivity contribution is 5.99. The van der Waals surface area contributed by atoms with Crippen molar-refractivity contribution in [3.05, 3.63) is 236 Å². The Morgan fingerprint density at radius 2 is 0.968 bits per heavy atom. The first-order valence-electron chi connectivity index (χ1n) is 28.0. The summed E-state index contributed by atoms with van der Waals surface area (Å²) < 4.78 is 39.8. The maximum absolute atomic E-state index is 14.4. The first-order valence-corrected chi connectivity index (χ1v) is 28.0. The van der Waals surface area contributed by atoms with Gasteiger partial charge in [-0.15, -0.1) is 10.2 Å². The number of aryl methyl sites for hydroxylation is 2. The number of nitrogens with one attached hydrogen (secondary N) is 10. The summed E-state index contributed by atoms with van der Waals surface area (Å²) in [6, 6.07) is 19.8. The number of rotatable bonds is 16. The van der Waals surface area contributed by atoms with Gasteiger partial charge in [0.1, 0.15) is 57.2 Å². The number of fused-ring (bicyclic) bond motifs is 4. The molecule has 14 N–H and O–H groups in total. The van der Waals surface area contributed by atoms with Gasteiger partial charge in [0.15, 0.2) is 11.6 Å². The summed E-state index contributed by atoms with van der Waals surface area (Å²) >= 11 is 0. The third-order valence-corrected chi connectivity index (χ3v) is 15.6. The number of nitrogen functional groups attached to an aromatic ring is 2. The number of benzene rings is 4. The highest BCUT2D eigenvalue weighted by Crippen LogP contribution is 2.36. The van der Waals surface area contributed by atoms with Crippen molar-refractivity contribution < 1.29 is 37.0 Å². The second-order valence-electron chi connectivity index (χ2n) is 21.4. The first kappa shape index (κ1) is 59.5. The fraction of sp³-hybridized carbons (Fsp3) is 0.138. The zero-order valence-electron chi connectivity index (χ0n) is 47.7. The lowest BCUT2D eigenvalue weighted by atomic mass is 10.0. The largest absolute Gasteiger partial charge is 0.439 e. The minimum Gasteiger partial charge on any atom is -0.394 e. The van der Waals surface area contributed by atoms with Gasteiger partial charge in [0, 0.05) is 24.2 Å². The fourth-order valence-electron chi connectivity index (χ4n) is 10.8. The van der Waals surface area contributed by atoms with E-state index in [4.69, 9.17) is 11.5 Å². The average Bonchev–Trinajstić information content (AvgIpc) is 0.942. The fourth-order valence-corrected chi connectivity index (χ4v) is 10.8. The van der Waals surface area contributed by atoms with Gasteiger partial charge in [-0.2, -0.15) is 0 Å². The molecule has 472 valence electrons. The number of amides is 4. The predicted octanol–water partition coefficient (Wildman–Crippen LogP) is 0.338. The van der Waals surface area contributed by atoms with Gasteiger partial charge in [0.25, 0.3) is 56.9 Å². The zero-order valence-corrected chi connectivity index (χ0v) is 47.7. The number of carbonyl (C=O) groups excluding carboxylic acids is 4. The molecule has 6 aromatic carbocycles. The number of hydrogen-bond donors (Lipinski definition) is 12. The van der Waals surface area contributed by atoms with Crippen molar-refractivity contribution in [3.8, 4) is 22.8 Å². The summed E-state index contributed by atoms with van der Waals surface area (Å²) in [6.07, 6.45) is 2.36. The van der Waals surface area contributed by atoms with Gasteiger partial charge < -0.3 is 43.4 Å². The number of aromatic amines is 4. The first-order chi connectivity index (χ1) is 45.1. The van der Waals surface area contributed by atoms with Gasteiger partial charge in [0.05, 0.1) is 23.5 Å². The molecule has 0 bridgehead atoms. The van der Waals surface area contributed by atoms with E-state index in [2.05, 4.69) is 91.6 Å². The van der Waals surface area contributed by atoms with Crippen molar-refractivity contribution in [3.63, 3.8) is 0 Å². The van der Waals surface area contributed by atoms with E-state index in [0.717, 1.165) is 55.3 Å². The second-order valence-corrected chi connectivity index (χ2v) is 21.4. The van der Waals surface area contributed by atoms with E-state index in [0.29, 0.717) is 47.9 Å². The van der Waals surface area contributed by atoms with Gasteiger partial charge in [-0.1, -0.05) is 46.7 Å². The molecule has 2 aliphatic rings. The Hall–Kier alpha value is -13.4. The standard InChI is InChI=1S/2C29H21FN10O7/c30-15-5-1-11(7-17(15)33-21-20(31)22(41)23(21)42)10-32-26(44)19-9-18(35-27-37-38-28(45)40(19)27)25(43)34-16-6-3-12-8-13(2-4-14(12)16)24-36-29(46)47-39-24;30-15-5-1-11(7-17(15)33-21-20(31)22(41)23(21)42)10-32-25(43)18-9-19(40-27(35-18)37-38-28(40)45)26(44)34-16-6-3-12-8-13(2-4-14(12)16)24-36-29(46)47-39-24/h1-2,4-5,7-9,16,33H,3,6,10,31H2,(H,32,44)(H,34,43)(H,38,45)(H,36,39,46);1-2,4-5,7-9,16,33H,3,6,10,31H2,(H,32,43)(H,34,44)(H,38,45)(H,36,39,46)/t2*16-/m00/s1. The van der Waals surface area contributed by atoms with Crippen molar-refractivity contribution in [2.45, 2.75) is 50.9 Å². The van der Waals surface area contributed by atoms with Crippen LogP contribution in [0.5, 0.6) is 0 Å². The van der Waals surface area contributed by atoms with Crippen LogP contribution in [0.2, 0.25) is 0 Å². The minimum absolute atomic E-state index is 0.125. The predicted molar refractivity (Wildman–Crippen MR) is 323 cm³/mol. The molecule has 2 atom stereocenters. The molecule has 0 spiro atoms. The molecule has 0 fully saturated rings. The van der Waals surface area contributed by atoms with Crippen LogP contribution in [0.25, 0.3) is 34.3 Å². The van der Waals surface area contributed by atoms with E-state index in [1.54, 1.807) is 18.2 Å². The van der Waals surface area contributed by atoms with Crippen molar-refractivity contribution in [2.24, 2.45) is 0 Å².